The molecule has 0 aromatic carbocycles. The Morgan fingerprint density at radius 1 is 1.56 bits per heavy atom. The molecule has 4 nitrogen and oxygen atoms in total. The average molecular weight is 257 g/mol. The molecule has 3 N–H and O–H groups in total. The molecule has 1 aromatic heterocycles. The lowest BCUT2D eigenvalue weighted by Crippen LogP contribution is -2.40. The molecule has 1 saturated carbocycles. The van der Waals surface area contributed by atoms with Gasteiger partial charge in [-0.3, -0.25) is 4.79 Å². The summed E-state index contributed by atoms with van der Waals surface area (Å²) < 4.78 is 0. The third-order valence-electron chi connectivity index (χ3n) is 2.70. The minimum Gasteiger partial charge on any atom is -0.360 e. The molecule has 0 atom stereocenters. The van der Waals surface area contributed by atoms with Crippen LogP contribution in [0.5, 0.6) is 0 Å². The van der Waals surface area contributed by atoms with Crippen LogP contribution in [0.15, 0.2) is 10.2 Å². The molecule has 0 unspecified atom stereocenters. The lowest BCUT2D eigenvalue weighted by molar-refractivity contribution is 0.620. The van der Waals surface area contributed by atoms with Crippen LogP contribution in [0.4, 0.5) is 0 Å². The molecule has 1 aliphatic carbocycles. The highest BCUT2D eigenvalue weighted by atomic mass is 32.1. The van der Waals surface area contributed by atoms with Crippen molar-refractivity contribution in [1.29, 1.82) is 0 Å². The predicted octanol–water partition coefficient (Wildman–Crippen LogP) is 1.34. The fourth-order valence-electron chi connectivity index (χ4n) is 1.88. The van der Waals surface area contributed by atoms with Gasteiger partial charge in [0.05, 0.1) is 6.54 Å². The Morgan fingerprint density at radius 2 is 2.31 bits per heavy atom. The van der Waals surface area contributed by atoms with Gasteiger partial charge in [-0.25, -0.2) is 0 Å². The summed E-state index contributed by atoms with van der Waals surface area (Å²) in [7, 11) is 0. The maximum atomic E-state index is 10.9. The summed E-state index contributed by atoms with van der Waals surface area (Å²) >= 11 is 6.36. The van der Waals surface area contributed by atoms with Crippen LogP contribution in [0, 0.1) is 0 Å². The Labute approximate surface area is 103 Å². The fourth-order valence-corrected chi connectivity index (χ4v) is 2.70. The minimum absolute atomic E-state index is 0.0218. The largest absolute Gasteiger partial charge is 0.360 e. The van der Waals surface area contributed by atoms with Gasteiger partial charge in [0.15, 0.2) is 5.11 Å². The third-order valence-corrected chi connectivity index (χ3v) is 3.68. The van der Waals surface area contributed by atoms with Gasteiger partial charge in [-0.2, -0.15) is 0 Å². The summed E-state index contributed by atoms with van der Waals surface area (Å²) in [5.41, 5.74) is 0.880. The van der Waals surface area contributed by atoms with Crippen LogP contribution in [0.3, 0.4) is 0 Å². The number of hydrogen-bond acceptors (Lipinski definition) is 3. The van der Waals surface area contributed by atoms with Crippen molar-refractivity contribution in [2.24, 2.45) is 0 Å². The summed E-state index contributed by atoms with van der Waals surface area (Å²) in [6.45, 7) is 0.581. The van der Waals surface area contributed by atoms with Gasteiger partial charge < -0.3 is 15.6 Å². The maximum Gasteiger partial charge on any atom is 0.304 e. The topological polar surface area (TPSA) is 56.9 Å². The second-order valence-electron chi connectivity index (χ2n) is 3.98. The van der Waals surface area contributed by atoms with Crippen LogP contribution >= 0.6 is 23.6 Å². The zero-order valence-corrected chi connectivity index (χ0v) is 10.5. The smallest absolute Gasteiger partial charge is 0.304 e. The molecule has 2 rings (SSSR count). The molecule has 1 aliphatic rings. The first-order valence-electron chi connectivity index (χ1n) is 5.45. The molecule has 0 spiro atoms. The zero-order chi connectivity index (χ0) is 11.4. The molecule has 0 saturated heterocycles. The number of thiazole rings is 1. The van der Waals surface area contributed by atoms with E-state index in [1.807, 2.05) is 5.38 Å². The van der Waals surface area contributed by atoms with Crippen LogP contribution < -0.4 is 15.5 Å². The zero-order valence-electron chi connectivity index (χ0n) is 8.91. The van der Waals surface area contributed by atoms with Gasteiger partial charge in [0, 0.05) is 17.1 Å². The summed E-state index contributed by atoms with van der Waals surface area (Å²) in [6.07, 6.45) is 4.99. The van der Waals surface area contributed by atoms with Crippen molar-refractivity contribution in [2.75, 3.05) is 0 Å². The van der Waals surface area contributed by atoms with E-state index in [-0.39, 0.29) is 4.87 Å². The average Bonchev–Trinajstić information content (AvgIpc) is 2.87. The van der Waals surface area contributed by atoms with Gasteiger partial charge >= 0.3 is 4.87 Å². The van der Waals surface area contributed by atoms with Crippen molar-refractivity contribution in [3.8, 4) is 0 Å². The van der Waals surface area contributed by atoms with Crippen LogP contribution in [0.25, 0.3) is 0 Å². The Balaban J connectivity index is 1.73. The van der Waals surface area contributed by atoms with Crippen molar-refractivity contribution >= 4 is 28.7 Å². The van der Waals surface area contributed by atoms with Crippen LogP contribution in [-0.4, -0.2) is 16.1 Å². The Morgan fingerprint density at radius 3 is 2.94 bits per heavy atom. The molecular formula is C10H15N3OS2. The molecule has 0 aliphatic heterocycles. The van der Waals surface area contributed by atoms with E-state index in [4.69, 9.17) is 12.2 Å². The lowest BCUT2D eigenvalue weighted by Gasteiger charge is -2.15. The standard InChI is InChI=1S/C10H15N3OS2/c14-10-13-8(6-16-10)5-11-9(15)12-7-3-1-2-4-7/h6-7H,1-5H2,(H,13,14)(H2,11,12,15). The third kappa shape index (κ3) is 3.31. The molecule has 0 amide bonds. The number of hydrogen-bond donors (Lipinski definition) is 3. The molecule has 1 aromatic rings. The van der Waals surface area contributed by atoms with E-state index in [9.17, 15) is 4.79 Å². The van der Waals surface area contributed by atoms with E-state index in [2.05, 4.69) is 15.6 Å². The van der Waals surface area contributed by atoms with Crippen LogP contribution in [0.2, 0.25) is 0 Å². The van der Waals surface area contributed by atoms with Gasteiger partial charge in [0.2, 0.25) is 0 Å². The van der Waals surface area contributed by atoms with Gasteiger partial charge in [0.25, 0.3) is 0 Å². The summed E-state index contributed by atoms with van der Waals surface area (Å²) in [6, 6.07) is 0.529. The molecule has 1 fully saturated rings. The van der Waals surface area contributed by atoms with Crippen LogP contribution in [0.1, 0.15) is 31.4 Å². The van der Waals surface area contributed by atoms with E-state index in [0.717, 1.165) is 5.69 Å². The molecule has 1 heterocycles. The monoisotopic (exact) mass is 257 g/mol. The van der Waals surface area contributed by atoms with Gasteiger partial charge in [0.1, 0.15) is 0 Å². The maximum absolute atomic E-state index is 10.9. The van der Waals surface area contributed by atoms with E-state index in [1.165, 1.54) is 37.0 Å². The first-order valence-corrected chi connectivity index (χ1v) is 6.74. The molecule has 6 heteroatoms. The SMILES string of the molecule is O=c1[nH]c(CNC(=S)NC2CCCC2)cs1. The summed E-state index contributed by atoms with van der Waals surface area (Å²) in [5.74, 6) is 0. The molecule has 88 valence electrons. The number of thiocarbonyl (C=S) groups is 1. The van der Waals surface area contributed by atoms with E-state index < -0.39 is 0 Å². The second kappa shape index (κ2) is 5.45. The van der Waals surface area contributed by atoms with Crippen molar-refractivity contribution in [3.05, 3.63) is 20.7 Å². The van der Waals surface area contributed by atoms with E-state index in [1.54, 1.807) is 0 Å². The summed E-state index contributed by atoms with van der Waals surface area (Å²) in [4.78, 5) is 13.6. The van der Waals surface area contributed by atoms with Gasteiger partial charge in [-0.15, -0.1) is 0 Å². The highest BCUT2D eigenvalue weighted by Crippen LogP contribution is 2.17. The van der Waals surface area contributed by atoms with Crippen molar-refractivity contribution in [3.63, 3.8) is 0 Å². The van der Waals surface area contributed by atoms with Crippen molar-refractivity contribution < 1.29 is 0 Å². The fraction of sp³-hybridized carbons (Fsp3) is 0.600. The molecular weight excluding hydrogens is 242 g/mol. The lowest BCUT2D eigenvalue weighted by atomic mass is 10.3. The van der Waals surface area contributed by atoms with Crippen LogP contribution in [-0.2, 0) is 6.54 Å². The molecule has 16 heavy (non-hydrogen) atoms. The van der Waals surface area contributed by atoms with Gasteiger partial charge in [-0.1, -0.05) is 24.2 Å². The number of rotatable bonds is 3. The van der Waals surface area contributed by atoms with Gasteiger partial charge in [-0.05, 0) is 25.1 Å². The minimum atomic E-state index is -0.0218. The number of aromatic amines is 1. The first kappa shape index (κ1) is 11.6. The second-order valence-corrected chi connectivity index (χ2v) is 5.23. The molecule has 0 radical (unpaired) electrons. The first-order chi connectivity index (χ1) is 7.74. The Bertz CT molecular complexity index is 406. The van der Waals surface area contributed by atoms with Crippen molar-refractivity contribution in [1.82, 2.24) is 15.6 Å². The normalized spacial score (nSPS) is 16.2. The quantitative estimate of drug-likeness (QED) is 0.715. The van der Waals surface area contributed by atoms with E-state index in [0.29, 0.717) is 17.7 Å². The van der Waals surface area contributed by atoms with Crippen molar-refractivity contribution in [2.45, 2.75) is 38.3 Å². The highest BCUT2D eigenvalue weighted by Gasteiger charge is 2.15. The highest BCUT2D eigenvalue weighted by molar-refractivity contribution is 7.80. The number of aromatic nitrogens is 1. The number of H-pyrrole nitrogens is 1. The Kier molecular flexibility index (Phi) is 3.95. The predicted molar refractivity (Wildman–Crippen MR) is 69.8 cm³/mol. The summed E-state index contributed by atoms with van der Waals surface area (Å²) in [5, 5.41) is 8.88. The van der Waals surface area contributed by atoms with E-state index >= 15 is 0 Å². The molecule has 0 bridgehead atoms. The Hall–Kier alpha value is -0.880. The number of nitrogens with one attached hydrogen (secondary N) is 3.